The van der Waals surface area contributed by atoms with E-state index in [0.29, 0.717) is 34.9 Å². The summed E-state index contributed by atoms with van der Waals surface area (Å²) in [5.74, 6) is 1.40. The van der Waals surface area contributed by atoms with E-state index >= 15 is 0 Å². The fourth-order valence-electron chi connectivity index (χ4n) is 5.00. The average Bonchev–Trinajstić information content (AvgIpc) is 3.31. The van der Waals surface area contributed by atoms with Crippen LogP contribution in [0.5, 0.6) is 0 Å². The van der Waals surface area contributed by atoms with E-state index in [1.807, 2.05) is 12.1 Å². The third-order valence-electron chi connectivity index (χ3n) is 6.74. The molecule has 39 heavy (non-hydrogen) atoms. The molecular weight excluding hydrogens is 550 g/mol. The fourth-order valence-corrected chi connectivity index (χ4v) is 6.08. The molecule has 0 bridgehead atoms. The first-order valence-electron chi connectivity index (χ1n) is 12.1. The number of thioether (sulfide) groups is 1. The highest BCUT2D eigenvalue weighted by atomic mass is 32.2. The van der Waals surface area contributed by atoms with Gasteiger partial charge in [0.1, 0.15) is 0 Å². The summed E-state index contributed by atoms with van der Waals surface area (Å²) in [5, 5.41) is 0. The van der Waals surface area contributed by atoms with Crippen molar-refractivity contribution in [2.24, 2.45) is 0 Å². The largest absolute Gasteiger partial charge is 0.453 e. The number of nitrogens with zero attached hydrogens (tertiary/aromatic N) is 2. The van der Waals surface area contributed by atoms with Crippen molar-refractivity contribution < 1.29 is 45.4 Å². The predicted octanol–water partition coefficient (Wildman–Crippen LogP) is 7.54. The Morgan fingerprint density at radius 2 is 1.59 bits per heavy atom. The Bertz CT molecular complexity index is 1230. The number of carbonyl (C=O) groups excluding carboxylic acids is 2. The van der Waals surface area contributed by atoms with E-state index in [1.165, 1.54) is 4.90 Å². The lowest BCUT2D eigenvalue weighted by molar-refractivity contribution is -0.143. The second-order valence-electron chi connectivity index (χ2n) is 9.35. The number of ether oxygens (including phenoxy) is 2. The molecule has 6 nitrogen and oxygen atoms in total. The summed E-state index contributed by atoms with van der Waals surface area (Å²) in [6.45, 7) is 2.95. The molecule has 0 aromatic heterocycles. The van der Waals surface area contributed by atoms with Gasteiger partial charge >= 0.3 is 24.5 Å². The molecule has 212 valence electrons. The first-order valence-corrected chi connectivity index (χ1v) is 13.2. The summed E-state index contributed by atoms with van der Waals surface area (Å²) in [6, 6.07) is 3.62. The van der Waals surface area contributed by atoms with Gasteiger partial charge in [0.05, 0.1) is 36.6 Å². The molecule has 2 aliphatic rings. The van der Waals surface area contributed by atoms with Crippen LogP contribution in [0.2, 0.25) is 0 Å². The normalized spacial score (nSPS) is 18.8. The SMILES string of the molecule is CCOC(=O)N1c2cc3c(cc2[C@@H](N(Cc2cc(C(F)(F)F)cc(C(F)(F)F)c2)C(=O)OC)C[C@H]1C)CSC3. The molecule has 0 aliphatic carbocycles. The lowest BCUT2D eigenvalue weighted by Gasteiger charge is -2.42. The Balaban J connectivity index is 1.83. The number of carbonyl (C=O) groups is 2. The van der Waals surface area contributed by atoms with Crippen molar-refractivity contribution in [3.63, 3.8) is 0 Å². The van der Waals surface area contributed by atoms with Crippen LogP contribution in [0.15, 0.2) is 30.3 Å². The first kappa shape index (κ1) is 28.9. The second-order valence-corrected chi connectivity index (χ2v) is 10.3. The molecule has 0 saturated carbocycles. The molecule has 0 spiro atoms. The molecule has 2 amide bonds. The number of hydrogen-bond donors (Lipinski definition) is 0. The molecule has 0 N–H and O–H groups in total. The maximum atomic E-state index is 13.5. The highest BCUT2D eigenvalue weighted by Crippen LogP contribution is 2.46. The highest BCUT2D eigenvalue weighted by molar-refractivity contribution is 7.98. The molecule has 0 unspecified atom stereocenters. The number of amides is 2. The zero-order chi connectivity index (χ0) is 28.7. The zero-order valence-corrected chi connectivity index (χ0v) is 22.1. The van der Waals surface area contributed by atoms with E-state index in [-0.39, 0.29) is 24.7 Å². The average molecular weight is 577 g/mol. The number of benzene rings is 2. The molecule has 4 rings (SSSR count). The van der Waals surface area contributed by atoms with Crippen LogP contribution in [0.25, 0.3) is 0 Å². The van der Waals surface area contributed by atoms with Crippen LogP contribution < -0.4 is 4.90 Å². The Morgan fingerprint density at radius 3 is 2.13 bits per heavy atom. The molecule has 2 aromatic carbocycles. The van der Waals surface area contributed by atoms with Crippen LogP contribution >= 0.6 is 11.8 Å². The second kappa shape index (κ2) is 10.8. The van der Waals surface area contributed by atoms with Crippen LogP contribution in [0.1, 0.15) is 59.7 Å². The van der Waals surface area contributed by atoms with Crippen molar-refractivity contribution >= 4 is 29.6 Å². The summed E-state index contributed by atoms with van der Waals surface area (Å²) in [6.07, 6.45) is -11.4. The molecule has 0 saturated heterocycles. The maximum Gasteiger partial charge on any atom is 0.416 e. The molecule has 0 radical (unpaired) electrons. The van der Waals surface area contributed by atoms with Gasteiger partial charge < -0.3 is 9.47 Å². The number of fused-ring (bicyclic) bond motifs is 2. The van der Waals surface area contributed by atoms with Crippen LogP contribution in [-0.2, 0) is 39.9 Å². The highest BCUT2D eigenvalue weighted by Gasteiger charge is 2.41. The van der Waals surface area contributed by atoms with E-state index < -0.39 is 54.3 Å². The monoisotopic (exact) mass is 576 g/mol. The van der Waals surface area contributed by atoms with E-state index in [9.17, 15) is 35.9 Å². The van der Waals surface area contributed by atoms with Gasteiger partial charge in [0.15, 0.2) is 0 Å². The number of hydrogen-bond acceptors (Lipinski definition) is 5. The number of anilines is 1. The lowest BCUT2D eigenvalue weighted by Crippen LogP contribution is -2.47. The van der Waals surface area contributed by atoms with Gasteiger partial charge in [-0.25, -0.2) is 9.59 Å². The number of methoxy groups -OCH3 is 1. The summed E-state index contributed by atoms with van der Waals surface area (Å²) < 4.78 is 91.1. The van der Waals surface area contributed by atoms with Gasteiger partial charge in [-0.3, -0.25) is 9.80 Å². The Kier molecular flexibility index (Phi) is 8.02. The standard InChI is InChI=1S/C26H26F6N2O4S/c1-4-38-24(36)34-14(2)5-21(20-8-16-12-39-13-17(16)9-22(20)34)33(23(35)37-3)11-15-6-18(25(27,28)29)10-19(7-15)26(30,31)32/h6-10,14,21H,4-5,11-13H2,1-3H3/t14-,21+/m1/s1. The Labute approximate surface area is 225 Å². The smallest absolute Gasteiger partial charge is 0.416 e. The van der Waals surface area contributed by atoms with Gasteiger partial charge in [-0.05, 0) is 66.8 Å². The molecule has 2 heterocycles. The van der Waals surface area contributed by atoms with Crippen molar-refractivity contribution in [1.29, 1.82) is 0 Å². The molecule has 13 heteroatoms. The lowest BCUT2D eigenvalue weighted by atomic mass is 9.88. The minimum Gasteiger partial charge on any atom is -0.453 e. The van der Waals surface area contributed by atoms with Crippen molar-refractivity contribution in [1.82, 2.24) is 4.90 Å². The van der Waals surface area contributed by atoms with Crippen LogP contribution in [0.3, 0.4) is 0 Å². The summed E-state index contributed by atoms with van der Waals surface area (Å²) in [4.78, 5) is 28.5. The zero-order valence-electron chi connectivity index (χ0n) is 21.3. The van der Waals surface area contributed by atoms with Crippen molar-refractivity contribution in [2.75, 3.05) is 18.6 Å². The topological polar surface area (TPSA) is 59.1 Å². The van der Waals surface area contributed by atoms with Gasteiger partial charge in [0, 0.05) is 24.1 Å². The number of halogens is 6. The quantitative estimate of drug-likeness (QED) is 0.352. The Morgan fingerprint density at radius 1 is 1.00 bits per heavy atom. The van der Waals surface area contributed by atoms with Gasteiger partial charge in [-0.15, -0.1) is 0 Å². The summed E-state index contributed by atoms with van der Waals surface area (Å²) >= 11 is 1.66. The van der Waals surface area contributed by atoms with Crippen molar-refractivity contribution in [3.8, 4) is 0 Å². The Hall–Kier alpha value is -3.09. The van der Waals surface area contributed by atoms with E-state index in [4.69, 9.17) is 9.47 Å². The van der Waals surface area contributed by atoms with E-state index in [2.05, 4.69) is 0 Å². The summed E-state index contributed by atoms with van der Waals surface area (Å²) in [7, 11) is 1.08. The van der Waals surface area contributed by atoms with Gasteiger partial charge in [-0.1, -0.05) is 6.07 Å². The van der Waals surface area contributed by atoms with Crippen LogP contribution in [-0.4, -0.2) is 36.8 Å². The minimum atomic E-state index is -5.03. The number of alkyl halides is 6. The van der Waals surface area contributed by atoms with Crippen LogP contribution in [0.4, 0.5) is 41.6 Å². The van der Waals surface area contributed by atoms with Gasteiger partial charge in [0.25, 0.3) is 0 Å². The number of rotatable bonds is 4. The van der Waals surface area contributed by atoms with Gasteiger partial charge in [0.2, 0.25) is 0 Å². The molecule has 2 aromatic rings. The minimum absolute atomic E-state index is 0.0438. The van der Waals surface area contributed by atoms with E-state index in [1.54, 1.807) is 25.6 Å². The molecular formula is C26H26F6N2O4S. The third kappa shape index (κ3) is 5.92. The molecule has 2 atom stereocenters. The van der Waals surface area contributed by atoms with Gasteiger partial charge in [-0.2, -0.15) is 38.1 Å². The van der Waals surface area contributed by atoms with Crippen LogP contribution in [0, 0.1) is 0 Å². The summed E-state index contributed by atoms with van der Waals surface area (Å²) in [5.41, 5.74) is -0.316. The molecule has 2 aliphatic heterocycles. The fraction of sp³-hybridized carbons (Fsp3) is 0.462. The van der Waals surface area contributed by atoms with E-state index in [0.717, 1.165) is 23.1 Å². The molecule has 0 fully saturated rings. The third-order valence-corrected chi connectivity index (χ3v) is 7.77. The maximum absolute atomic E-state index is 13.5. The predicted molar refractivity (Wildman–Crippen MR) is 132 cm³/mol. The van der Waals surface area contributed by atoms with Crippen molar-refractivity contribution in [2.45, 2.75) is 62.8 Å². The first-order chi connectivity index (χ1) is 18.2. The van der Waals surface area contributed by atoms with Crippen molar-refractivity contribution in [3.05, 3.63) is 63.7 Å².